The van der Waals surface area contributed by atoms with Crippen molar-refractivity contribution in [1.29, 1.82) is 0 Å². The van der Waals surface area contributed by atoms with E-state index in [0.29, 0.717) is 17.0 Å². The van der Waals surface area contributed by atoms with Crippen LogP contribution in [0.4, 0.5) is 0 Å². The largest absolute Gasteiger partial charge is 0.352 e. The van der Waals surface area contributed by atoms with Crippen LogP contribution in [0.5, 0.6) is 0 Å². The van der Waals surface area contributed by atoms with Gasteiger partial charge in [-0.2, -0.15) is 4.31 Å². The second-order valence-corrected chi connectivity index (χ2v) is 11.6. The molecule has 0 aliphatic carbocycles. The molecule has 37 heavy (non-hydrogen) atoms. The Bertz CT molecular complexity index is 1360. The molecule has 9 heteroatoms. The van der Waals surface area contributed by atoms with Gasteiger partial charge in [0.25, 0.3) is 0 Å². The lowest BCUT2D eigenvalue weighted by Gasteiger charge is -2.32. The van der Waals surface area contributed by atoms with Gasteiger partial charge in [0.15, 0.2) is 0 Å². The maximum absolute atomic E-state index is 13.6. The van der Waals surface area contributed by atoms with Crippen molar-refractivity contribution in [3.63, 3.8) is 0 Å². The van der Waals surface area contributed by atoms with Crippen molar-refractivity contribution in [3.05, 3.63) is 77.3 Å². The Morgan fingerprint density at radius 3 is 2.24 bits per heavy atom. The number of hydrogen-bond acceptors (Lipinski definition) is 4. The van der Waals surface area contributed by atoms with Gasteiger partial charge < -0.3 is 10.2 Å². The van der Waals surface area contributed by atoms with Crippen molar-refractivity contribution in [2.24, 2.45) is 0 Å². The first-order valence-corrected chi connectivity index (χ1v) is 14.2. The van der Waals surface area contributed by atoms with Gasteiger partial charge in [0.05, 0.1) is 11.4 Å². The Kier molecular flexibility index (Phi) is 9.70. The maximum atomic E-state index is 13.6. The molecule has 2 atom stereocenters. The third kappa shape index (κ3) is 6.89. The van der Waals surface area contributed by atoms with Crippen molar-refractivity contribution in [1.82, 2.24) is 14.5 Å². The van der Waals surface area contributed by atoms with Crippen molar-refractivity contribution in [2.45, 2.75) is 57.1 Å². The summed E-state index contributed by atoms with van der Waals surface area (Å²) < 4.78 is 27.7. The van der Waals surface area contributed by atoms with Gasteiger partial charge in [0.1, 0.15) is 6.04 Å². The fourth-order valence-electron chi connectivity index (χ4n) is 4.04. The van der Waals surface area contributed by atoms with Gasteiger partial charge in [-0.25, -0.2) is 8.42 Å². The smallest absolute Gasteiger partial charge is 0.243 e. The predicted molar refractivity (Wildman–Crippen MR) is 148 cm³/mol. The lowest BCUT2D eigenvalue weighted by molar-refractivity contribution is -0.141. The maximum Gasteiger partial charge on any atom is 0.243 e. The van der Waals surface area contributed by atoms with E-state index in [1.807, 2.05) is 45.0 Å². The molecule has 0 fully saturated rings. The summed E-state index contributed by atoms with van der Waals surface area (Å²) in [4.78, 5) is 28.3. The van der Waals surface area contributed by atoms with E-state index in [9.17, 15) is 18.0 Å². The summed E-state index contributed by atoms with van der Waals surface area (Å²) in [5.74, 6) is -0.768. The Morgan fingerprint density at radius 2 is 1.59 bits per heavy atom. The van der Waals surface area contributed by atoms with Crippen LogP contribution in [0.25, 0.3) is 10.8 Å². The van der Waals surface area contributed by atoms with Crippen molar-refractivity contribution in [2.75, 3.05) is 13.6 Å². The zero-order valence-corrected chi connectivity index (χ0v) is 23.2. The number of rotatable bonds is 11. The molecule has 0 spiro atoms. The molecule has 0 saturated heterocycles. The molecule has 3 aromatic carbocycles. The van der Waals surface area contributed by atoms with Gasteiger partial charge in [0.2, 0.25) is 21.8 Å². The number of hydrogen-bond donors (Lipinski definition) is 1. The third-order valence-corrected chi connectivity index (χ3v) is 8.64. The predicted octanol–water partition coefficient (Wildman–Crippen LogP) is 4.84. The highest BCUT2D eigenvalue weighted by Gasteiger charge is 2.32. The van der Waals surface area contributed by atoms with Crippen LogP contribution >= 0.6 is 11.6 Å². The number of nitrogens with one attached hydrogen (secondary N) is 1. The fourth-order valence-corrected chi connectivity index (χ4v) is 5.40. The van der Waals surface area contributed by atoms with Crippen LogP contribution in [0.3, 0.4) is 0 Å². The molecule has 0 aromatic heterocycles. The molecule has 0 radical (unpaired) electrons. The van der Waals surface area contributed by atoms with Crippen molar-refractivity contribution < 1.29 is 18.0 Å². The normalized spacial score (nSPS) is 13.4. The van der Waals surface area contributed by atoms with E-state index in [0.717, 1.165) is 21.5 Å². The zero-order valence-electron chi connectivity index (χ0n) is 21.6. The van der Waals surface area contributed by atoms with Crippen LogP contribution in [0.1, 0.15) is 39.2 Å². The molecule has 0 bridgehead atoms. The number of halogens is 1. The first-order chi connectivity index (χ1) is 17.6. The van der Waals surface area contributed by atoms with E-state index >= 15 is 0 Å². The molecular formula is C28H34ClN3O4S. The highest BCUT2D eigenvalue weighted by molar-refractivity contribution is 7.89. The van der Waals surface area contributed by atoms with Gasteiger partial charge in [0, 0.05) is 24.7 Å². The number of benzene rings is 3. The average molecular weight is 544 g/mol. The number of carbonyl (C=O) groups is 2. The number of carbonyl (C=O) groups excluding carboxylic acids is 2. The third-order valence-electron chi connectivity index (χ3n) is 6.47. The highest BCUT2D eigenvalue weighted by atomic mass is 35.5. The molecule has 0 saturated carbocycles. The Morgan fingerprint density at radius 1 is 0.946 bits per heavy atom. The lowest BCUT2D eigenvalue weighted by atomic mass is 10.1. The van der Waals surface area contributed by atoms with Crippen LogP contribution in [0, 0.1) is 0 Å². The summed E-state index contributed by atoms with van der Waals surface area (Å²) in [6.45, 7) is 5.34. The summed E-state index contributed by atoms with van der Waals surface area (Å²) in [5, 5.41) is 5.12. The molecule has 0 aliphatic rings. The van der Waals surface area contributed by atoms with Gasteiger partial charge in [-0.15, -0.1) is 0 Å². The minimum absolute atomic E-state index is 0.0604. The van der Waals surface area contributed by atoms with Crippen LogP contribution < -0.4 is 5.32 Å². The summed E-state index contributed by atoms with van der Waals surface area (Å²) in [7, 11) is -2.59. The zero-order chi connectivity index (χ0) is 27.2. The Hall–Kier alpha value is -2.94. The molecule has 198 valence electrons. The fraction of sp³-hybridized carbons (Fsp3) is 0.357. The number of likely N-dealkylation sites (N-methyl/N-ethyl adjacent to an activating group) is 1. The summed E-state index contributed by atoms with van der Waals surface area (Å²) in [6, 6.07) is 18.6. The standard InChI is InChI=1S/C28H34ClN3O4S/c1-5-20(3)30-28(34)26(6-2)32(18-23-13-9-10-14-25(23)29)27(33)19-31(4)37(35,36)24-16-15-21-11-7-8-12-22(21)17-24/h7-17,20,26H,5-6,18-19H2,1-4H3,(H,30,34)/t20-,26-/m1/s1. The van der Waals surface area contributed by atoms with E-state index in [1.165, 1.54) is 18.0 Å². The minimum atomic E-state index is -3.96. The second-order valence-electron chi connectivity index (χ2n) is 9.13. The van der Waals surface area contributed by atoms with E-state index in [2.05, 4.69) is 5.32 Å². The molecule has 0 heterocycles. The number of sulfonamides is 1. The quantitative estimate of drug-likeness (QED) is 0.375. The highest BCUT2D eigenvalue weighted by Crippen LogP contribution is 2.23. The molecule has 0 unspecified atom stereocenters. The van der Waals surface area contributed by atoms with Gasteiger partial charge in [-0.1, -0.05) is 74.0 Å². The molecular weight excluding hydrogens is 510 g/mol. The Balaban J connectivity index is 1.89. The van der Waals surface area contributed by atoms with Gasteiger partial charge >= 0.3 is 0 Å². The van der Waals surface area contributed by atoms with E-state index in [1.54, 1.807) is 36.4 Å². The van der Waals surface area contributed by atoms with Gasteiger partial charge in [-0.05, 0) is 54.3 Å². The average Bonchev–Trinajstić information content (AvgIpc) is 2.89. The molecule has 2 amide bonds. The number of nitrogens with zero attached hydrogens (tertiary/aromatic N) is 2. The van der Waals surface area contributed by atoms with Crippen LogP contribution in [0.15, 0.2) is 71.6 Å². The molecule has 3 rings (SSSR count). The van der Waals surface area contributed by atoms with Crippen LogP contribution in [0.2, 0.25) is 5.02 Å². The first kappa shape index (κ1) is 28.6. The van der Waals surface area contributed by atoms with E-state index in [-0.39, 0.29) is 23.4 Å². The van der Waals surface area contributed by atoms with Gasteiger partial charge in [-0.3, -0.25) is 9.59 Å². The topological polar surface area (TPSA) is 86.8 Å². The molecule has 0 aliphatic heterocycles. The monoisotopic (exact) mass is 543 g/mol. The lowest BCUT2D eigenvalue weighted by Crippen LogP contribution is -2.53. The summed E-state index contributed by atoms with van der Waals surface area (Å²) >= 11 is 6.37. The van der Waals surface area contributed by atoms with Crippen LogP contribution in [-0.4, -0.2) is 55.1 Å². The second kappa shape index (κ2) is 12.5. The van der Waals surface area contributed by atoms with Crippen molar-refractivity contribution >= 4 is 44.2 Å². The molecule has 3 aromatic rings. The summed E-state index contributed by atoms with van der Waals surface area (Å²) in [6.07, 6.45) is 1.10. The SMILES string of the molecule is CC[C@@H](C)NC(=O)[C@@H](CC)N(Cc1ccccc1Cl)C(=O)CN(C)S(=O)(=O)c1ccc2ccccc2c1. The van der Waals surface area contributed by atoms with E-state index in [4.69, 9.17) is 11.6 Å². The Labute approximate surface area is 224 Å². The molecule has 1 N–H and O–H groups in total. The molecule has 7 nitrogen and oxygen atoms in total. The summed E-state index contributed by atoms with van der Waals surface area (Å²) in [5.41, 5.74) is 0.673. The minimum Gasteiger partial charge on any atom is -0.352 e. The number of amides is 2. The van der Waals surface area contributed by atoms with Crippen molar-refractivity contribution in [3.8, 4) is 0 Å². The van der Waals surface area contributed by atoms with E-state index < -0.39 is 28.5 Å². The first-order valence-electron chi connectivity index (χ1n) is 12.4. The van der Waals surface area contributed by atoms with Crippen LogP contribution in [-0.2, 0) is 26.2 Å². The number of fused-ring (bicyclic) bond motifs is 1.